The molecule has 0 aliphatic rings. The lowest BCUT2D eigenvalue weighted by molar-refractivity contribution is 0.0961. The summed E-state index contributed by atoms with van der Waals surface area (Å²) < 4.78 is 1.72. The predicted molar refractivity (Wildman–Crippen MR) is 55.7 cm³/mol. The van der Waals surface area contributed by atoms with Crippen LogP contribution < -0.4 is 5.73 Å². The molecule has 0 amide bonds. The van der Waals surface area contributed by atoms with Gasteiger partial charge in [-0.05, 0) is 13.8 Å². The summed E-state index contributed by atoms with van der Waals surface area (Å²) in [5.41, 5.74) is 7.48. The van der Waals surface area contributed by atoms with Crippen LogP contribution in [0.3, 0.4) is 0 Å². The maximum absolute atomic E-state index is 11.8. The molecule has 0 aliphatic carbocycles. The van der Waals surface area contributed by atoms with Crippen LogP contribution >= 0.6 is 0 Å². The standard InChI is InChI=1S/C10H12N4O/c1-6(11)10(15)9-7(2)13-8-5-12-3-4-14(8)9/h3-6H,11H2,1-2H3. The summed E-state index contributed by atoms with van der Waals surface area (Å²) in [5, 5.41) is 0. The Morgan fingerprint density at radius 2 is 2.33 bits per heavy atom. The molecule has 2 aromatic heterocycles. The van der Waals surface area contributed by atoms with Crippen molar-refractivity contribution in [3.8, 4) is 0 Å². The number of nitrogens with two attached hydrogens (primary N) is 1. The second-order valence-electron chi connectivity index (χ2n) is 3.50. The van der Waals surface area contributed by atoms with Crippen molar-refractivity contribution in [1.29, 1.82) is 0 Å². The van der Waals surface area contributed by atoms with E-state index in [9.17, 15) is 4.79 Å². The molecule has 5 nitrogen and oxygen atoms in total. The molecule has 2 rings (SSSR count). The van der Waals surface area contributed by atoms with E-state index >= 15 is 0 Å². The highest BCUT2D eigenvalue weighted by Crippen LogP contribution is 2.12. The lowest BCUT2D eigenvalue weighted by Gasteiger charge is -2.04. The number of hydrogen-bond acceptors (Lipinski definition) is 4. The van der Waals surface area contributed by atoms with Crippen LogP contribution in [0.25, 0.3) is 5.65 Å². The largest absolute Gasteiger partial charge is 0.321 e. The highest BCUT2D eigenvalue weighted by atomic mass is 16.1. The van der Waals surface area contributed by atoms with Crippen LogP contribution in [0.5, 0.6) is 0 Å². The quantitative estimate of drug-likeness (QED) is 0.726. The minimum absolute atomic E-state index is 0.105. The number of nitrogens with zero attached hydrogens (tertiary/aromatic N) is 3. The maximum Gasteiger partial charge on any atom is 0.197 e. The molecular weight excluding hydrogens is 192 g/mol. The molecule has 1 unspecified atom stereocenters. The van der Waals surface area contributed by atoms with Gasteiger partial charge >= 0.3 is 0 Å². The Hall–Kier alpha value is -1.75. The Kier molecular flexibility index (Phi) is 2.24. The lowest BCUT2D eigenvalue weighted by Crippen LogP contribution is -2.28. The van der Waals surface area contributed by atoms with Gasteiger partial charge < -0.3 is 5.73 Å². The van der Waals surface area contributed by atoms with E-state index in [1.165, 1.54) is 0 Å². The van der Waals surface area contributed by atoms with Crippen LogP contribution in [-0.4, -0.2) is 26.2 Å². The first-order valence-electron chi connectivity index (χ1n) is 4.69. The minimum atomic E-state index is -0.517. The van der Waals surface area contributed by atoms with E-state index in [0.717, 1.165) is 0 Å². The Labute approximate surface area is 87.0 Å². The van der Waals surface area contributed by atoms with Crippen molar-refractivity contribution in [3.63, 3.8) is 0 Å². The summed E-state index contributed by atoms with van der Waals surface area (Å²) >= 11 is 0. The number of hydrogen-bond donors (Lipinski definition) is 1. The highest BCUT2D eigenvalue weighted by Gasteiger charge is 2.19. The molecule has 0 aromatic carbocycles. The van der Waals surface area contributed by atoms with E-state index in [-0.39, 0.29) is 5.78 Å². The predicted octanol–water partition coefficient (Wildman–Crippen LogP) is 0.568. The van der Waals surface area contributed by atoms with Crippen molar-refractivity contribution in [1.82, 2.24) is 14.4 Å². The van der Waals surface area contributed by atoms with Crippen molar-refractivity contribution >= 4 is 11.4 Å². The van der Waals surface area contributed by atoms with Crippen molar-refractivity contribution in [2.45, 2.75) is 19.9 Å². The van der Waals surface area contributed by atoms with Crippen molar-refractivity contribution in [2.75, 3.05) is 0 Å². The first-order chi connectivity index (χ1) is 7.11. The number of carbonyl (C=O) groups excluding carboxylic acids is 1. The van der Waals surface area contributed by atoms with E-state index in [2.05, 4.69) is 9.97 Å². The van der Waals surface area contributed by atoms with Gasteiger partial charge in [0, 0.05) is 12.4 Å². The number of aryl methyl sites for hydroxylation is 1. The number of rotatable bonds is 2. The first kappa shape index (κ1) is 9.79. The number of carbonyl (C=O) groups is 1. The summed E-state index contributed by atoms with van der Waals surface area (Å²) in [6.45, 7) is 3.46. The topological polar surface area (TPSA) is 73.3 Å². The zero-order valence-corrected chi connectivity index (χ0v) is 8.64. The van der Waals surface area contributed by atoms with Gasteiger partial charge in [-0.15, -0.1) is 0 Å². The summed E-state index contributed by atoms with van der Waals surface area (Å²) in [5.74, 6) is -0.105. The molecule has 15 heavy (non-hydrogen) atoms. The Morgan fingerprint density at radius 3 is 3.00 bits per heavy atom. The van der Waals surface area contributed by atoms with E-state index in [0.29, 0.717) is 17.0 Å². The zero-order valence-electron chi connectivity index (χ0n) is 8.64. The summed E-state index contributed by atoms with van der Waals surface area (Å²) in [4.78, 5) is 20.0. The monoisotopic (exact) mass is 204 g/mol. The molecule has 0 spiro atoms. The van der Waals surface area contributed by atoms with Gasteiger partial charge in [0.2, 0.25) is 0 Å². The average Bonchev–Trinajstić information content (AvgIpc) is 2.52. The molecule has 2 N–H and O–H groups in total. The average molecular weight is 204 g/mol. The van der Waals surface area contributed by atoms with Gasteiger partial charge in [0.25, 0.3) is 0 Å². The fourth-order valence-corrected chi connectivity index (χ4v) is 1.54. The maximum atomic E-state index is 11.8. The number of Topliss-reactive ketones (excluding diaryl/α,β-unsaturated/α-hetero) is 1. The molecule has 2 aromatic rings. The van der Waals surface area contributed by atoms with Crippen LogP contribution in [0.2, 0.25) is 0 Å². The molecule has 0 saturated carbocycles. The SMILES string of the molecule is Cc1nc2cnccn2c1C(=O)C(C)N. The van der Waals surface area contributed by atoms with Crippen LogP contribution in [0.15, 0.2) is 18.6 Å². The number of ketones is 1. The van der Waals surface area contributed by atoms with E-state index < -0.39 is 6.04 Å². The van der Waals surface area contributed by atoms with Crippen molar-refractivity contribution in [2.24, 2.45) is 5.73 Å². The van der Waals surface area contributed by atoms with Gasteiger partial charge in [-0.2, -0.15) is 0 Å². The Morgan fingerprint density at radius 1 is 1.60 bits per heavy atom. The molecule has 78 valence electrons. The fourth-order valence-electron chi connectivity index (χ4n) is 1.54. The second kappa shape index (κ2) is 3.43. The fraction of sp³-hybridized carbons (Fsp3) is 0.300. The molecule has 0 radical (unpaired) electrons. The summed E-state index contributed by atoms with van der Waals surface area (Å²) in [7, 11) is 0. The van der Waals surface area contributed by atoms with Crippen LogP contribution in [-0.2, 0) is 0 Å². The smallest absolute Gasteiger partial charge is 0.197 e. The van der Waals surface area contributed by atoms with Gasteiger partial charge in [0.1, 0.15) is 5.69 Å². The molecule has 2 heterocycles. The molecule has 0 aliphatic heterocycles. The Balaban J connectivity index is 2.69. The number of imidazole rings is 1. The highest BCUT2D eigenvalue weighted by molar-refractivity contribution is 5.99. The molecule has 0 fully saturated rings. The van der Waals surface area contributed by atoms with Crippen LogP contribution in [0.1, 0.15) is 23.1 Å². The van der Waals surface area contributed by atoms with E-state index in [4.69, 9.17) is 5.73 Å². The molecule has 5 heteroatoms. The van der Waals surface area contributed by atoms with E-state index in [1.807, 2.05) is 0 Å². The third kappa shape index (κ3) is 1.50. The van der Waals surface area contributed by atoms with Gasteiger partial charge in [0.15, 0.2) is 11.4 Å². The molecule has 0 bridgehead atoms. The summed E-state index contributed by atoms with van der Waals surface area (Å²) in [6, 6.07) is -0.517. The lowest BCUT2D eigenvalue weighted by atomic mass is 10.1. The van der Waals surface area contributed by atoms with E-state index in [1.54, 1.807) is 36.8 Å². The first-order valence-corrected chi connectivity index (χ1v) is 4.69. The van der Waals surface area contributed by atoms with Gasteiger partial charge in [0.05, 0.1) is 17.9 Å². The molecular formula is C10H12N4O. The van der Waals surface area contributed by atoms with Crippen LogP contribution in [0.4, 0.5) is 0 Å². The van der Waals surface area contributed by atoms with Crippen molar-refractivity contribution in [3.05, 3.63) is 30.0 Å². The van der Waals surface area contributed by atoms with Gasteiger partial charge in [-0.1, -0.05) is 0 Å². The third-order valence-electron chi connectivity index (χ3n) is 2.25. The second-order valence-corrected chi connectivity index (χ2v) is 3.50. The molecule has 1 atom stereocenters. The van der Waals surface area contributed by atoms with Crippen LogP contribution in [0, 0.1) is 6.92 Å². The third-order valence-corrected chi connectivity index (χ3v) is 2.25. The molecule has 0 saturated heterocycles. The van der Waals surface area contributed by atoms with Crippen molar-refractivity contribution < 1.29 is 4.79 Å². The Bertz CT molecular complexity index is 515. The minimum Gasteiger partial charge on any atom is -0.321 e. The normalized spacial score (nSPS) is 13.0. The summed E-state index contributed by atoms with van der Waals surface area (Å²) in [6.07, 6.45) is 4.95. The van der Waals surface area contributed by atoms with Gasteiger partial charge in [-0.25, -0.2) is 4.98 Å². The van der Waals surface area contributed by atoms with Gasteiger partial charge in [-0.3, -0.25) is 14.2 Å². The number of fused-ring (bicyclic) bond motifs is 1. The number of aromatic nitrogens is 3. The zero-order chi connectivity index (χ0) is 11.0.